The summed E-state index contributed by atoms with van der Waals surface area (Å²) in [5, 5.41) is 12.4. The third-order valence-electron chi connectivity index (χ3n) is 4.82. The van der Waals surface area contributed by atoms with Crippen LogP contribution in [0.3, 0.4) is 0 Å². The van der Waals surface area contributed by atoms with Gasteiger partial charge >= 0.3 is 5.97 Å². The summed E-state index contributed by atoms with van der Waals surface area (Å²) in [6, 6.07) is 3.05. The van der Waals surface area contributed by atoms with Crippen LogP contribution in [-0.2, 0) is 4.79 Å². The number of nitrogens with zero attached hydrogens (tertiary/aromatic N) is 1. The Labute approximate surface area is 163 Å². The number of carbonyl (C=O) groups excluding carboxylic acids is 1. The van der Waals surface area contributed by atoms with E-state index in [1.165, 1.54) is 19.2 Å². The highest BCUT2D eigenvalue weighted by atomic mass is 35.5. The number of aliphatic carboxylic acids is 1. The van der Waals surface area contributed by atoms with Crippen LogP contribution < -0.4 is 15.8 Å². The number of nitrogens with one attached hydrogen (secondary N) is 1. The molecule has 0 aliphatic carbocycles. The summed E-state index contributed by atoms with van der Waals surface area (Å²) in [5.74, 6) is -0.878. The first kappa shape index (κ1) is 23.0. The molecule has 9 heteroatoms. The minimum absolute atomic E-state index is 0. The summed E-state index contributed by atoms with van der Waals surface area (Å²) in [4.78, 5) is 25.8. The van der Waals surface area contributed by atoms with Crippen molar-refractivity contribution in [3.05, 3.63) is 22.7 Å². The van der Waals surface area contributed by atoms with Crippen LogP contribution in [0.2, 0.25) is 5.02 Å². The number of hydrogen-bond donors (Lipinski definition) is 3. The van der Waals surface area contributed by atoms with Crippen molar-refractivity contribution in [2.75, 3.05) is 32.5 Å². The molecule has 0 aromatic heterocycles. The second-order valence-electron chi connectivity index (χ2n) is 6.92. The lowest BCUT2D eigenvalue weighted by molar-refractivity contribution is -0.141. The van der Waals surface area contributed by atoms with Gasteiger partial charge < -0.3 is 31.3 Å². The van der Waals surface area contributed by atoms with Gasteiger partial charge in [0.15, 0.2) is 0 Å². The van der Waals surface area contributed by atoms with E-state index in [1.54, 1.807) is 6.92 Å². The maximum absolute atomic E-state index is 12.7. The Morgan fingerprint density at radius 2 is 2.15 bits per heavy atom. The second kappa shape index (κ2) is 9.77. The van der Waals surface area contributed by atoms with Gasteiger partial charge in [0.25, 0.3) is 5.91 Å². The van der Waals surface area contributed by atoms with Crippen molar-refractivity contribution in [3.8, 4) is 5.75 Å². The minimum Gasteiger partial charge on any atom is -0.496 e. The highest BCUT2D eigenvalue weighted by Gasteiger charge is 2.29. The number of ether oxygens (including phenoxy) is 1. The molecule has 1 fully saturated rings. The van der Waals surface area contributed by atoms with Crippen LogP contribution in [0.5, 0.6) is 5.75 Å². The van der Waals surface area contributed by atoms with E-state index in [4.69, 9.17) is 27.2 Å². The monoisotopic (exact) mass is 401 g/mol. The maximum Gasteiger partial charge on any atom is 0.307 e. The van der Waals surface area contributed by atoms with E-state index in [0.29, 0.717) is 28.6 Å². The number of hydrogen-bond acceptors (Lipinski definition) is 5. The average molecular weight is 402 g/mol. The molecular weight excluding hydrogens is 374 g/mol. The van der Waals surface area contributed by atoms with Gasteiger partial charge in [-0.25, -0.2) is 0 Å². The number of amides is 1. The Hall–Kier alpha value is -2.03. The molecule has 1 saturated heterocycles. The van der Waals surface area contributed by atoms with Crippen molar-refractivity contribution in [2.24, 2.45) is 11.8 Å². The van der Waals surface area contributed by atoms with Crippen LogP contribution in [0.25, 0.3) is 0 Å². The molecule has 1 amide bonds. The lowest BCUT2D eigenvalue weighted by Crippen LogP contribution is -2.51. The maximum atomic E-state index is 12.7. The first-order valence-corrected chi connectivity index (χ1v) is 8.99. The Morgan fingerprint density at radius 3 is 2.70 bits per heavy atom. The summed E-state index contributed by atoms with van der Waals surface area (Å²) < 4.78 is 5.24. The largest absolute Gasteiger partial charge is 0.496 e. The molecule has 0 saturated carbocycles. The summed E-state index contributed by atoms with van der Waals surface area (Å²) in [7, 11) is 1.48. The lowest BCUT2D eigenvalue weighted by atomic mass is 9.92. The van der Waals surface area contributed by atoms with E-state index >= 15 is 0 Å². The number of likely N-dealkylation sites (tertiary alicyclic amines) is 1. The highest BCUT2D eigenvalue weighted by molar-refractivity contribution is 6.33. The van der Waals surface area contributed by atoms with Gasteiger partial charge in [0.2, 0.25) is 0 Å². The van der Waals surface area contributed by atoms with E-state index in [-0.39, 0.29) is 23.3 Å². The zero-order valence-electron chi connectivity index (χ0n) is 15.8. The SMILES string of the molecule is COc1cc(N)c(Cl)cc1C(=O)NC1CCN(CC(C)C(=O)O)CC1C.O. The van der Waals surface area contributed by atoms with Gasteiger partial charge in [-0.3, -0.25) is 9.59 Å². The number of benzene rings is 1. The number of carbonyl (C=O) groups is 2. The van der Waals surface area contributed by atoms with E-state index in [9.17, 15) is 9.59 Å². The van der Waals surface area contributed by atoms with Gasteiger partial charge in [0.05, 0.1) is 29.3 Å². The molecule has 1 aliphatic rings. The third kappa shape index (κ3) is 5.72. The summed E-state index contributed by atoms with van der Waals surface area (Å²) in [5.41, 5.74) is 6.46. The van der Waals surface area contributed by atoms with Crippen molar-refractivity contribution in [3.63, 3.8) is 0 Å². The van der Waals surface area contributed by atoms with Crippen molar-refractivity contribution >= 4 is 29.2 Å². The first-order chi connectivity index (χ1) is 12.2. The Morgan fingerprint density at radius 1 is 1.48 bits per heavy atom. The third-order valence-corrected chi connectivity index (χ3v) is 5.15. The van der Waals surface area contributed by atoms with E-state index in [0.717, 1.165) is 19.5 Å². The first-order valence-electron chi connectivity index (χ1n) is 8.62. The molecule has 1 aliphatic heterocycles. The van der Waals surface area contributed by atoms with E-state index in [1.807, 2.05) is 0 Å². The number of rotatable bonds is 6. The van der Waals surface area contributed by atoms with Crippen molar-refractivity contribution < 1.29 is 24.9 Å². The van der Waals surface area contributed by atoms with Gasteiger partial charge in [0.1, 0.15) is 5.75 Å². The van der Waals surface area contributed by atoms with Crippen molar-refractivity contribution in [1.82, 2.24) is 10.2 Å². The number of methoxy groups -OCH3 is 1. The summed E-state index contributed by atoms with van der Waals surface area (Å²) >= 11 is 6.04. The summed E-state index contributed by atoms with van der Waals surface area (Å²) in [6.07, 6.45) is 0.754. The van der Waals surface area contributed by atoms with Crippen LogP contribution in [0, 0.1) is 11.8 Å². The van der Waals surface area contributed by atoms with Crippen molar-refractivity contribution in [1.29, 1.82) is 0 Å². The standard InChI is InChI=1S/C18H26ClN3O4.H2O/c1-10-8-22(9-11(2)18(24)25)5-4-15(10)21-17(23)12-6-13(19)14(20)7-16(12)26-3;/h6-7,10-11,15H,4-5,8-9,20H2,1-3H3,(H,21,23)(H,24,25);1H2. The number of carboxylic acid groups (broad SMARTS) is 1. The predicted molar refractivity (Wildman–Crippen MR) is 104 cm³/mol. The molecule has 3 atom stereocenters. The number of nitrogens with two attached hydrogens (primary N) is 1. The molecule has 3 unspecified atom stereocenters. The zero-order chi connectivity index (χ0) is 19.4. The van der Waals surface area contributed by atoms with Crippen LogP contribution in [0.15, 0.2) is 12.1 Å². The van der Waals surface area contributed by atoms with Gasteiger partial charge in [0, 0.05) is 31.7 Å². The normalized spacial score (nSPS) is 21.0. The second-order valence-corrected chi connectivity index (χ2v) is 7.33. The fourth-order valence-corrected chi connectivity index (χ4v) is 3.40. The molecule has 1 aromatic rings. The minimum atomic E-state index is -0.791. The number of nitrogen functional groups attached to an aromatic ring is 1. The van der Waals surface area contributed by atoms with Crippen LogP contribution in [0.1, 0.15) is 30.6 Å². The predicted octanol–water partition coefficient (Wildman–Crippen LogP) is 1.27. The highest BCUT2D eigenvalue weighted by Crippen LogP contribution is 2.29. The Balaban J connectivity index is 0.00000364. The molecule has 0 bridgehead atoms. The molecular formula is C18H28ClN3O5. The molecule has 152 valence electrons. The molecule has 1 heterocycles. The Bertz CT molecular complexity index is 685. The molecule has 8 nitrogen and oxygen atoms in total. The molecule has 27 heavy (non-hydrogen) atoms. The van der Waals surface area contributed by atoms with Gasteiger partial charge in [-0.05, 0) is 18.4 Å². The number of halogens is 1. The average Bonchev–Trinajstić information content (AvgIpc) is 2.59. The molecule has 0 spiro atoms. The topological polar surface area (TPSA) is 136 Å². The number of piperidine rings is 1. The molecule has 1 aromatic carbocycles. The number of anilines is 1. The van der Waals surface area contributed by atoms with Gasteiger partial charge in [-0.1, -0.05) is 25.4 Å². The van der Waals surface area contributed by atoms with E-state index in [2.05, 4.69) is 17.1 Å². The van der Waals surface area contributed by atoms with Crippen LogP contribution in [-0.4, -0.2) is 60.1 Å². The van der Waals surface area contributed by atoms with Crippen LogP contribution in [0.4, 0.5) is 5.69 Å². The van der Waals surface area contributed by atoms with Gasteiger partial charge in [-0.15, -0.1) is 0 Å². The zero-order valence-corrected chi connectivity index (χ0v) is 16.5. The fourth-order valence-electron chi connectivity index (χ4n) is 3.24. The smallest absolute Gasteiger partial charge is 0.307 e. The van der Waals surface area contributed by atoms with Gasteiger partial charge in [-0.2, -0.15) is 0 Å². The Kier molecular flexibility index (Phi) is 8.33. The lowest BCUT2D eigenvalue weighted by Gasteiger charge is -2.38. The van der Waals surface area contributed by atoms with Crippen LogP contribution >= 0.6 is 11.6 Å². The molecule has 6 N–H and O–H groups in total. The molecule has 2 rings (SSSR count). The van der Waals surface area contributed by atoms with E-state index < -0.39 is 11.9 Å². The molecule has 0 radical (unpaired) electrons. The summed E-state index contributed by atoms with van der Waals surface area (Å²) in [6.45, 7) is 5.75. The number of carboxylic acids is 1. The van der Waals surface area contributed by atoms with Crippen molar-refractivity contribution in [2.45, 2.75) is 26.3 Å². The fraction of sp³-hybridized carbons (Fsp3) is 0.556. The quantitative estimate of drug-likeness (QED) is 0.614.